The Morgan fingerprint density at radius 2 is 1.96 bits per heavy atom. The zero-order valence-corrected chi connectivity index (χ0v) is 18.1. The molecule has 1 aliphatic rings. The quantitative estimate of drug-likeness (QED) is 0.173. The van der Waals surface area contributed by atoms with E-state index >= 15 is 0 Å². The van der Waals surface area contributed by atoms with E-state index in [9.17, 15) is 4.79 Å². The van der Waals surface area contributed by atoms with Crippen LogP contribution in [-0.2, 0) is 19.0 Å². The van der Waals surface area contributed by atoms with Crippen molar-refractivity contribution in [2.45, 2.75) is 45.1 Å². The van der Waals surface area contributed by atoms with E-state index in [1.54, 1.807) is 14.2 Å². The molecule has 0 radical (unpaired) electrons. The average molecular weight is 471 g/mol. The maximum atomic E-state index is 11.3. The van der Waals surface area contributed by atoms with E-state index in [4.69, 9.17) is 14.2 Å². The number of nitrogens with one attached hydrogen (secondary N) is 1. The van der Waals surface area contributed by atoms with E-state index in [2.05, 4.69) is 15.2 Å². The highest BCUT2D eigenvalue weighted by atomic mass is 127. The largest absolute Gasteiger partial charge is 0.466 e. The van der Waals surface area contributed by atoms with Crippen molar-refractivity contribution in [2.75, 3.05) is 53.6 Å². The molecule has 25 heavy (non-hydrogen) atoms. The number of likely N-dealkylation sites (tertiary alicyclic amines) is 1. The van der Waals surface area contributed by atoms with Crippen LogP contribution in [0.15, 0.2) is 4.99 Å². The minimum absolute atomic E-state index is 0. The number of nitrogens with zero attached hydrogens (tertiary/aromatic N) is 2. The number of hydrogen-bond donors (Lipinski definition) is 1. The Bertz CT molecular complexity index is 375. The molecule has 0 bridgehead atoms. The van der Waals surface area contributed by atoms with Gasteiger partial charge in [-0.05, 0) is 32.6 Å². The SMILES string of the molecule is CCOC(=O)CCCNC(=NC)N1CCC(OCCCOC)CC1.I. The first kappa shape index (κ1) is 24.4. The number of aliphatic imine (C=N–C) groups is 1. The van der Waals surface area contributed by atoms with Gasteiger partial charge in [-0.3, -0.25) is 9.79 Å². The molecule has 7 nitrogen and oxygen atoms in total. The van der Waals surface area contributed by atoms with Gasteiger partial charge in [-0.25, -0.2) is 0 Å². The van der Waals surface area contributed by atoms with Gasteiger partial charge in [0.1, 0.15) is 0 Å². The monoisotopic (exact) mass is 471 g/mol. The second-order valence-electron chi connectivity index (χ2n) is 5.79. The van der Waals surface area contributed by atoms with Crippen molar-refractivity contribution >= 4 is 35.9 Å². The molecule has 148 valence electrons. The van der Waals surface area contributed by atoms with Crippen LogP contribution in [0.3, 0.4) is 0 Å². The fraction of sp³-hybridized carbons (Fsp3) is 0.882. The second-order valence-corrected chi connectivity index (χ2v) is 5.79. The van der Waals surface area contributed by atoms with Gasteiger partial charge in [-0.15, -0.1) is 24.0 Å². The molecule has 0 aromatic heterocycles. The van der Waals surface area contributed by atoms with Crippen LogP contribution in [0.2, 0.25) is 0 Å². The Kier molecular flexibility index (Phi) is 15.2. The van der Waals surface area contributed by atoms with Gasteiger partial charge in [-0.1, -0.05) is 0 Å². The van der Waals surface area contributed by atoms with Crippen LogP contribution >= 0.6 is 24.0 Å². The fourth-order valence-electron chi connectivity index (χ4n) is 2.69. The first-order valence-corrected chi connectivity index (χ1v) is 8.93. The molecule has 0 saturated carbocycles. The molecule has 0 aliphatic carbocycles. The molecule has 1 aliphatic heterocycles. The molecule has 0 atom stereocenters. The second kappa shape index (κ2) is 15.6. The van der Waals surface area contributed by atoms with E-state index in [-0.39, 0.29) is 29.9 Å². The zero-order valence-electron chi connectivity index (χ0n) is 15.8. The predicted molar refractivity (Wildman–Crippen MR) is 110 cm³/mol. The van der Waals surface area contributed by atoms with Crippen molar-refractivity contribution in [1.82, 2.24) is 10.2 Å². The summed E-state index contributed by atoms with van der Waals surface area (Å²) in [6.07, 6.45) is 4.49. The molecule has 1 heterocycles. The number of carbonyl (C=O) groups excluding carboxylic acids is 1. The summed E-state index contributed by atoms with van der Waals surface area (Å²) in [4.78, 5) is 17.9. The van der Waals surface area contributed by atoms with Crippen LogP contribution in [0.5, 0.6) is 0 Å². The van der Waals surface area contributed by atoms with E-state index in [0.29, 0.717) is 19.1 Å². The van der Waals surface area contributed by atoms with Crippen LogP contribution < -0.4 is 5.32 Å². The van der Waals surface area contributed by atoms with Crippen molar-refractivity contribution in [3.63, 3.8) is 0 Å². The molecular weight excluding hydrogens is 437 g/mol. The van der Waals surface area contributed by atoms with Gasteiger partial charge < -0.3 is 24.4 Å². The zero-order chi connectivity index (χ0) is 17.6. The third kappa shape index (κ3) is 10.9. The molecular formula is C17H34IN3O4. The van der Waals surface area contributed by atoms with E-state index < -0.39 is 0 Å². The molecule has 1 rings (SSSR count). The fourth-order valence-corrected chi connectivity index (χ4v) is 2.69. The van der Waals surface area contributed by atoms with Crippen molar-refractivity contribution in [3.8, 4) is 0 Å². The molecule has 8 heteroatoms. The molecule has 0 aromatic carbocycles. The lowest BCUT2D eigenvalue weighted by Crippen LogP contribution is -2.47. The summed E-state index contributed by atoms with van der Waals surface area (Å²) >= 11 is 0. The topological polar surface area (TPSA) is 72.4 Å². The van der Waals surface area contributed by atoms with Crippen molar-refractivity contribution in [3.05, 3.63) is 0 Å². The summed E-state index contributed by atoms with van der Waals surface area (Å²) < 4.78 is 15.8. The van der Waals surface area contributed by atoms with E-state index in [1.807, 2.05) is 6.92 Å². The minimum atomic E-state index is -0.138. The highest BCUT2D eigenvalue weighted by Gasteiger charge is 2.21. The highest BCUT2D eigenvalue weighted by Crippen LogP contribution is 2.14. The van der Waals surface area contributed by atoms with Crippen molar-refractivity contribution in [1.29, 1.82) is 0 Å². The Morgan fingerprint density at radius 1 is 1.24 bits per heavy atom. The van der Waals surface area contributed by atoms with Gasteiger partial charge in [0.25, 0.3) is 0 Å². The molecule has 1 fully saturated rings. The van der Waals surface area contributed by atoms with Crippen LogP contribution in [-0.4, -0.2) is 76.5 Å². The number of guanidine groups is 1. The average Bonchev–Trinajstić information content (AvgIpc) is 2.60. The van der Waals surface area contributed by atoms with Gasteiger partial charge in [0.2, 0.25) is 0 Å². The van der Waals surface area contributed by atoms with Gasteiger partial charge >= 0.3 is 5.97 Å². The lowest BCUT2D eigenvalue weighted by Gasteiger charge is -2.34. The van der Waals surface area contributed by atoms with Gasteiger partial charge in [0.05, 0.1) is 12.7 Å². The summed E-state index contributed by atoms with van der Waals surface area (Å²) in [5.74, 6) is 0.761. The summed E-state index contributed by atoms with van der Waals surface area (Å²) in [6.45, 7) is 6.37. The van der Waals surface area contributed by atoms with Crippen LogP contribution in [0.4, 0.5) is 0 Å². The van der Waals surface area contributed by atoms with E-state index in [0.717, 1.165) is 64.5 Å². The number of ether oxygens (including phenoxy) is 3. The van der Waals surface area contributed by atoms with Gasteiger partial charge in [-0.2, -0.15) is 0 Å². The van der Waals surface area contributed by atoms with Crippen molar-refractivity contribution < 1.29 is 19.0 Å². The summed E-state index contributed by atoms with van der Waals surface area (Å²) in [6, 6.07) is 0. The minimum Gasteiger partial charge on any atom is -0.466 e. The normalized spacial score (nSPS) is 15.6. The first-order chi connectivity index (χ1) is 11.7. The predicted octanol–water partition coefficient (Wildman–Crippen LogP) is 2.04. The molecule has 0 spiro atoms. The number of hydrogen-bond acceptors (Lipinski definition) is 5. The third-order valence-corrected chi connectivity index (χ3v) is 3.95. The third-order valence-electron chi connectivity index (χ3n) is 3.95. The summed E-state index contributed by atoms with van der Waals surface area (Å²) in [5.41, 5.74) is 0. The van der Waals surface area contributed by atoms with Crippen LogP contribution in [0, 0.1) is 0 Å². The number of methoxy groups -OCH3 is 1. The Balaban J connectivity index is 0.00000576. The Hall–Kier alpha value is -0.610. The lowest BCUT2D eigenvalue weighted by molar-refractivity contribution is -0.143. The maximum Gasteiger partial charge on any atom is 0.305 e. The van der Waals surface area contributed by atoms with E-state index in [1.165, 1.54) is 0 Å². The molecule has 1 saturated heterocycles. The number of esters is 1. The molecule has 0 aromatic rings. The molecule has 1 N–H and O–H groups in total. The van der Waals surface area contributed by atoms with Crippen LogP contribution in [0.25, 0.3) is 0 Å². The Labute approximate surface area is 168 Å². The smallest absolute Gasteiger partial charge is 0.305 e. The lowest BCUT2D eigenvalue weighted by atomic mass is 10.1. The first-order valence-electron chi connectivity index (χ1n) is 8.93. The molecule has 0 amide bonds. The number of rotatable bonds is 10. The summed E-state index contributed by atoms with van der Waals surface area (Å²) in [7, 11) is 3.50. The summed E-state index contributed by atoms with van der Waals surface area (Å²) in [5, 5.41) is 3.32. The number of carbonyl (C=O) groups is 1. The van der Waals surface area contributed by atoms with Crippen molar-refractivity contribution in [2.24, 2.45) is 4.99 Å². The standard InChI is InChI=1S/C17H33N3O4.HI/c1-4-23-16(21)7-5-10-19-17(18-2)20-11-8-15(9-12-20)24-14-6-13-22-3;/h15H,4-14H2,1-3H3,(H,18,19);1H. The molecule has 0 unspecified atom stereocenters. The Morgan fingerprint density at radius 3 is 2.56 bits per heavy atom. The highest BCUT2D eigenvalue weighted by molar-refractivity contribution is 14.0. The van der Waals surface area contributed by atoms with Gasteiger partial charge in [0.15, 0.2) is 5.96 Å². The maximum absolute atomic E-state index is 11.3. The van der Waals surface area contributed by atoms with Gasteiger partial charge in [0, 0.05) is 53.4 Å². The van der Waals surface area contributed by atoms with Crippen LogP contribution in [0.1, 0.15) is 39.0 Å². The number of halogens is 1. The number of piperidine rings is 1.